The van der Waals surface area contributed by atoms with Crippen molar-refractivity contribution in [2.75, 3.05) is 5.73 Å². The summed E-state index contributed by atoms with van der Waals surface area (Å²) in [6, 6.07) is 9.14. The van der Waals surface area contributed by atoms with E-state index in [9.17, 15) is 18.0 Å². The Morgan fingerprint density at radius 3 is 2.48 bits per heavy atom. The summed E-state index contributed by atoms with van der Waals surface area (Å²) < 4.78 is 40.4. The summed E-state index contributed by atoms with van der Waals surface area (Å²) in [7, 11) is 0. The number of alkyl halides is 3. The highest BCUT2D eigenvalue weighted by Gasteiger charge is 2.31. The highest BCUT2D eigenvalue weighted by molar-refractivity contribution is 5.97. The molecule has 0 saturated carbocycles. The van der Waals surface area contributed by atoms with Crippen LogP contribution in [0, 0.1) is 0 Å². The lowest BCUT2D eigenvalue weighted by atomic mass is 9.99. The first-order chi connectivity index (χ1) is 9.76. The molecule has 0 fully saturated rings. The van der Waals surface area contributed by atoms with Crippen molar-refractivity contribution in [3.05, 3.63) is 48.0 Å². The fraction of sp³-hybridized carbons (Fsp3) is 0.0714. The molecule has 0 atom stereocenters. The van der Waals surface area contributed by atoms with Crippen molar-refractivity contribution in [3.63, 3.8) is 0 Å². The minimum Gasteiger partial charge on any atom is -0.478 e. The summed E-state index contributed by atoms with van der Waals surface area (Å²) in [5, 5.41) is 9.12. The Balaban J connectivity index is 2.50. The molecule has 110 valence electrons. The predicted molar refractivity (Wildman–Crippen MR) is 69.9 cm³/mol. The summed E-state index contributed by atoms with van der Waals surface area (Å²) in [4.78, 5) is 11.2. The first-order valence-corrected chi connectivity index (χ1v) is 5.75. The number of nitrogen functional groups attached to an aromatic ring is 1. The zero-order valence-electron chi connectivity index (χ0n) is 10.5. The van der Waals surface area contributed by atoms with Crippen LogP contribution in [0.5, 0.6) is 5.75 Å². The van der Waals surface area contributed by atoms with Gasteiger partial charge in [0, 0.05) is 5.69 Å². The van der Waals surface area contributed by atoms with E-state index < -0.39 is 18.1 Å². The molecule has 2 aromatic rings. The first kappa shape index (κ1) is 14.7. The third-order valence-electron chi connectivity index (χ3n) is 2.65. The maximum atomic E-state index is 12.2. The smallest absolute Gasteiger partial charge is 0.478 e. The fourth-order valence-corrected chi connectivity index (χ4v) is 1.85. The molecule has 2 rings (SSSR count). The normalized spacial score (nSPS) is 11.2. The van der Waals surface area contributed by atoms with Crippen LogP contribution in [0.4, 0.5) is 18.9 Å². The van der Waals surface area contributed by atoms with Crippen LogP contribution in [0.3, 0.4) is 0 Å². The molecule has 0 saturated heterocycles. The number of benzene rings is 2. The number of rotatable bonds is 3. The lowest BCUT2D eigenvalue weighted by Gasteiger charge is -2.11. The van der Waals surface area contributed by atoms with Gasteiger partial charge in [0.25, 0.3) is 0 Å². The SMILES string of the molecule is Nc1ccc(C(=O)O)c(-c2cccc(OC(F)(F)F)c2)c1. The second kappa shape index (κ2) is 5.35. The second-order valence-corrected chi connectivity index (χ2v) is 4.19. The molecule has 4 nitrogen and oxygen atoms in total. The van der Waals surface area contributed by atoms with E-state index in [-0.39, 0.29) is 16.7 Å². The van der Waals surface area contributed by atoms with Gasteiger partial charge in [0.05, 0.1) is 5.56 Å². The Labute approximate surface area is 117 Å². The minimum atomic E-state index is -4.82. The van der Waals surface area contributed by atoms with Crippen LogP contribution in [0.2, 0.25) is 0 Å². The molecular weight excluding hydrogens is 287 g/mol. The van der Waals surface area contributed by atoms with Crippen LogP contribution in [-0.2, 0) is 0 Å². The third-order valence-corrected chi connectivity index (χ3v) is 2.65. The summed E-state index contributed by atoms with van der Waals surface area (Å²) >= 11 is 0. The third kappa shape index (κ3) is 3.65. The van der Waals surface area contributed by atoms with E-state index in [4.69, 9.17) is 10.8 Å². The van der Waals surface area contributed by atoms with Crippen molar-refractivity contribution in [2.45, 2.75) is 6.36 Å². The Hall–Kier alpha value is -2.70. The van der Waals surface area contributed by atoms with Crippen LogP contribution in [0.15, 0.2) is 42.5 Å². The van der Waals surface area contributed by atoms with Crippen molar-refractivity contribution >= 4 is 11.7 Å². The largest absolute Gasteiger partial charge is 0.573 e. The van der Waals surface area contributed by atoms with E-state index in [0.717, 1.165) is 12.1 Å². The number of halogens is 3. The van der Waals surface area contributed by atoms with Crippen LogP contribution < -0.4 is 10.5 Å². The number of nitrogens with two attached hydrogens (primary N) is 1. The summed E-state index contributed by atoms with van der Waals surface area (Å²) in [5.41, 5.74) is 6.32. The monoisotopic (exact) mass is 297 g/mol. The molecule has 0 aliphatic rings. The molecule has 0 aromatic heterocycles. The average Bonchev–Trinajstić information content (AvgIpc) is 2.36. The number of ether oxygens (including phenoxy) is 1. The number of hydrogen-bond donors (Lipinski definition) is 2. The number of anilines is 1. The van der Waals surface area contributed by atoms with Crippen LogP contribution in [0.1, 0.15) is 10.4 Å². The Morgan fingerprint density at radius 1 is 1.14 bits per heavy atom. The molecule has 0 aliphatic heterocycles. The molecule has 0 spiro atoms. The standard InChI is InChI=1S/C14H10F3NO3/c15-14(16,17)21-10-3-1-2-8(6-10)12-7-9(18)4-5-11(12)13(19)20/h1-7H,18H2,(H,19,20). The zero-order valence-corrected chi connectivity index (χ0v) is 10.5. The molecule has 0 amide bonds. The number of carboxylic acids is 1. The van der Waals surface area contributed by atoms with Crippen molar-refractivity contribution in [1.82, 2.24) is 0 Å². The number of hydrogen-bond acceptors (Lipinski definition) is 3. The van der Waals surface area contributed by atoms with Gasteiger partial charge in [-0.1, -0.05) is 12.1 Å². The second-order valence-electron chi connectivity index (χ2n) is 4.19. The van der Waals surface area contributed by atoms with E-state index in [1.165, 1.54) is 30.3 Å². The van der Waals surface area contributed by atoms with Crippen LogP contribution in [0.25, 0.3) is 11.1 Å². The van der Waals surface area contributed by atoms with Gasteiger partial charge in [0.1, 0.15) is 5.75 Å². The van der Waals surface area contributed by atoms with Crippen LogP contribution in [-0.4, -0.2) is 17.4 Å². The first-order valence-electron chi connectivity index (χ1n) is 5.75. The molecule has 7 heteroatoms. The van der Waals surface area contributed by atoms with Gasteiger partial charge in [-0.25, -0.2) is 4.79 Å². The van der Waals surface area contributed by atoms with Gasteiger partial charge in [-0.05, 0) is 41.5 Å². The molecule has 21 heavy (non-hydrogen) atoms. The van der Waals surface area contributed by atoms with Crippen LogP contribution >= 0.6 is 0 Å². The van der Waals surface area contributed by atoms with E-state index in [2.05, 4.69) is 4.74 Å². The Bertz CT molecular complexity index is 683. The molecule has 0 unspecified atom stereocenters. The van der Waals surface area contributed by atoms with Gasteiger partial charge >= 0.3 is 12.3 Å². The van der Waals surface area contributed by atoms with Gasteiger partial charge < -0.3 is 15.6 Å². The van der Waals surface area contributed by atoms with E-state index in [1.54, 1.807) is 0 Å². The van der Waals surface area contributed by atoms with Crippen molar-refractivity contribution in [3.8, 4) is 16.9 Å². The maximum absolute atomic E-state index is 12.2. The summed E-state index contributed by atoms with van der Waals surface area (Å²) in [5.74, 6) is -1.63. The predicted octanol–water partition coefficient (Wildman–Crippen LogP) is 3.53. The maximum Gasteiger partial charge on any atom is 0.573 e. The molecular formula is C14H10F3NO3. The van der Waals surface area contributed by atoms with Gasteiger partial charge in [0.2, 0.25) is 0 Å². The van der Waals surface area contributed by atoms with E-state index in [0.29, 0.717) is 5.69 Å². The van der Waals surface area contributed by atoms with Gasteiger partial charge in [-0.3, -0.25) is 0 Å². The quantitative estimate of drug-likeness (QED) is 0.850. The minimum absolute atomic E-state index is 0.0617. The summed E-state index contributed by atoms with van der Waals surface area (Å²) in [6.07, 6.45) is -4.82. The van der Waals surface area contributed by atoms with Crippen molar-refractivity contribution in [2.24, 2.45) is 0 Å². The van der Waals surface area contributed by atoms with E-state index >= 15 is 0 Å². The topological polar surface area (TPSA) is 72.6 Å². The fourth-order valence-electron chi connectivity index (χ4n) is 1.85. The highest BCUT2D eigenvalue weighted by atomic mass is 19.4. The van der Waals surface area contributed by atoms with Gasteiger partial charge in [-0.15, -0.1) is 13.2 Å². The van der Waals surface area contributed by atoms with Crippen molar-refractivity contribution in [1.29, 1.82) is 0 Å². The number of carbonyl (C=O) groups is 1. The molecule has 0 bridgehead atoms. The molecule has 0 heterocycles. The Kier molecular flexibility index (Phi) is 3.75. The van der Waals surface area contributed by atoms with Gasteiger partial charge in [-0.2, -0.15) is 0 Å². The number of aromatic carboxylic acids is 1. The molecule has 2 aromatic carbocycles. The zero-order chi connectivity index (χ0) is 15.6. The molecule has 3 N–H and O–H groups in total. The lowest BCUT2D eigenvalue weighted by molar-refractivity contribution is -0.274. The molecule has 0 radical (unpaired) electrons. The van der Waals surface area contributed by atoms with E-state index in [1.807, 2.05) is 0 Å². The van der Waals surface area contributed by atoms with Crippen molar-refractivity contribution < 1.29 is 27.8 Å². The lowest BCUT2D eigenvalue weighted by Crippen LogP contribution is -2.17. The van der Waals surface area contributed by atoms with Gasteiger partial charge in [0.15, 0.2) is 0 Å². The highest BCUT2D eigenvalue weighted by Crippen LogP contribution is 2.31. The number of carboxylic acid groups (broad SMARTS) is 1. The summed E-state index contributed by atoms with van der Waals surface area (Å²) in [6.45, 7) is 0. The Morgan fingerprint density at radius 2 is 1.86 bits per heavy atom. The average molecular weight is 297 g/mol. The molecule has 0 aliphatic carbocycles.